The number of oxime groups is 1. The van der Waals surface area contributed by atoms with Crippen LogP contribution in [0.5, 0.6) is 5.75 Å². The highest BCUT2D eigenvalue weighted by atomic mass is 19.3. The van der Waals surface area contributed by atoms with Gasteiger partial charge < -0.3 is 14.9 Å². The van der Waals surface area contributed by atoms with E-state index in [1.165, 1.54) is 18.7 Å². The molecule has 0 spiro atoms. The second kappa shape index (κ2) is 9.20. The van der Waals surface area contributed by atoms with E-state index in [0.29, 0.717) is 11.5 Å². The number of alkyl halides is 2. The van der Waals surface area contributed by atoms with Crippen molar-refractivity contribution in [2.24, 2.45) is 11.1 Å². The third-order valence-corrected chi connectivity index (χ3v) is 4.05. The van der Waals surface area contributed by atoms with Crippen LogP contribution in [0.1, 0.15) is 38.2 Å². The van der Waals surface area contributed by atoms with Crippen LogP contribution in [-0.4, -0.2) is 31.4 Å². The van der Waals surface area contributed by atoms with Crippen molar-refractivity contribution in [2.45, 2.75) is 45.3 Å². The van der Waals surface area contributed by atoms with Gasteiger partial charge in [0.25, 0.3) is 5.91 Å². The molecule has 2 atom stereocenters. The van der Waals surface area contributed by atoms with Crippen molar-refractivity contribution in [3.8, 4) is 5.75 Å². The molecule has 1 saturated carbocycles. The van der Waals surface area contributed by atoms with Crippen molar-refractivity contribution in [2.75, 3.05) is 6.61 Å². The maximum absolute atomic E-state index is 12.3. The van der Waals surface area contributed by atoms with Crippen LogP contribution in [0, 0.1) is 5.92 Å². The predicted molar refractivity (Wildman–Crippen MR) is 86.2 cm³/mol. The first-order valence-electron chi connectivity index (χ1n) is 8.05. The number of para-hydroxylation sites is 1. The summed E-state index contributed by atoms with van der Waals surface area (Å²) in [6.07, 6.45) is 5.66. The Kier molecular flexibility index (Phi) is 6.96. The summed E-state index contributed by atoms with van der Waals surface area (Å²) in [5.41, 5.74) is 0.346. The average molecular weight is 340 g/mol. The zero-order valence-electron chi connectivity index (χ0n) is 13.6. The maximum atomic E-state index is 12.3. The molecule has 7 heteroatoms. The Labute approximate surface area is 140 Å². The fourth-order valence-corrected chi connectivity index (χ4v) is 2.76. The van der Waals surface area contributed by atoms with Crippen LogP contribution < -0.4 is 10.1 Å². The molecule has 1 N–H and O–H groups in total. The maximum Gasteiger partial charge on any atom is 0.387 e. The lowest BCUT2D eigenvalue weighted by molar-refractivity contribution is -0.126. The molecule has 1 aromatic carbocycles. The number of carbonyl (C=O) groups is 1. The molecule has 2 rings (SSSR count). The molecule has 0 aromatic heterocycles. The summed E-state index contributed by atoms with van der Waals surface area (Å²) in [4.78, 5) is 16.8. The van der Waals surface area contributed by atoms with Crippen molar-refractivity contribution in [1.29, 1.82) is 0 Å². The Morgan fingerprint density at radius 3 is 2.88 bits per heavy atom. The molecular weight excluding hydrogens is 318 g/mol. The molecule has 1 aliphatic carbocycles. The van der Waals surface area contributed by atoms with Gasteiger partial charge in [0.15, 0.2) is 6.61 Å². The highest BCUT2D eigenvalue weighted by Gasteiger charge is 2.22. The monoisotopic (exact) mass is 340 g/mol. The second-order valence-electron chi connectivity index (χ2n) is 5.86. The summed E-state index contributed by atoms with van der Waals surface area (Å²) < 4.78 is 29.0. The Balaban J connectivity index is 1.79. The fraction of sp³-hybridized carbons (Fsp3) is 0.529. The lowest BCUT2D eigenvalue weighted by Gasteiger charge is -2.29. The summed E-state index contributed by atoms with van der Waals surface area (Å²) in [5, 5.41) is 6.59. The van der Waals surface area contributed by atoms with E-state index in [4.69, 9.17) is 4.84 Å². The normalized spacial score (nSPS) is 21.0. The molecule has 24 heavy (non-hydrogen) atoms. The minimum atomic E-state index is -2.91. The van der Waals surface area contributed by atoms with Crippen LogP contribution >= 0.6 is 0 Å². The molecule has 1 amide bonds. The summed E-state index contributed by atoms with van der Waals surface area (Å²) in [6.45, 7) is -0.996. The first kappa shape index (κ1) is 18.2. The number of carbonyl (C=O) groups excluding carboxylic acids is 1. The van der Waals surface area contributed by atoms with Crippen molar-refractivity contribution < 1.29 is 23.1 Å². The van der Waals surface area contributed by atoms with E-state index < -0.39 is 6.61 Å². The summed E-state index contributed by atoms with van der Waals surface area (Å²) in [6, 6.07) is 6.39. The number of halogens is 2. The van der Waals surface area contributed by atoms with E-state index in [1.807, 2.05) is 0 Å². The summed E-state index contributed by atoms with van der Waals surface area (Å²) in [5.74, 6) is 0.230. The van der Waals surface area contributed by atoms with Crippen LogP contribution in [-0.2, 0) is 9.63 Å². The Hall–Kier alpha value is -2.18. The van der Waals surface area contributed by atoms with Crippen molar-refractivity contribution >= 4 is 12.1 Å². The minimum absolute atomic E-state index is 0.000307. The van der Waals surface area contributed by atoms with Crippen LogP contribution in [0.2, 0.25) is 0 Å². The molecule has 1 aromatic rings. The van der Waals surface area contributed by atoms with Gasteiger partial charge in [-0.15, -0.1) is 0 Å². The number of nitrogens with one attached hydrogen (secondary N) is 1. The number of ether oxygens (including phenoxy) is 1. The van der Waals surface area contributed by atoms with Gasteiger partial charge in [-0.25, -0.2) is 0 Å². The van der Waals surface area contributed by atoms with Gasteiger partial charge in [0.1, 0.15) is 5.75 Å². The first-order chi connectivity index (χ1) is 11.6. The highest BCUT2D eigenvalue weighted by Crippen LogP contribution is 2.23. The van der Waals surface area contributed by atoms with Gasteiger partial charge in [0, 0.05) is 11.6 Å². The molecule has 0 radical (unpaired) electrons. The number of benzene rings is 1. The number of hydrogen-bond donors (Lipinski definition) is 1. The number of nitrogens with zero attached hydrogens (tertiary/aromatic N) is 1. The Morgan fingerprint density at radius 2 is 2.12 bits per heavy atom. The van der Waals surface area contributed by atoms with E-state index in [2.05, 4.69) is 22.1 Å². The molecule has 0 saturated heterocycles. The molecule has 5 nitrogen and oxygen atoms in total. The third kappa shape index (κ3) is 5.79. The fourth-order valence-electron chi connectivity index (χ4n) is 2.76. The molecule has 0 unspecified atom stereocenters. The Morgan fingerprint density at radius 1 is 1.38 bits per heavy atom. The molecule has 1 fully saturated rings. The summed E-state index contributed by atoms with van der Waals surface area (Å²) >= 11 is 0. The number of amides is 1. The van der Waals surface area contributed by atoms with Crippen LogP contribution in [0.3, 0.4) is 0 Å². The van der Waals surface area contributed by atoms with Gasteiger partial charge in [-0.3, -0.25) is 4.79 Å². The van der Waals surface area contributed by atoms with E-state index in [9.17, 15) is 13.6 Å². The molecule has 0 bridgehead atoms. The van der Waals surface area contributed by atoms with Crippen LogP contribution in [0.4, 0.5) is 8.78 Å². The van der Waals surface area contributed by atoms with Crippen molar-refractivity contribution in [3.63, 3.8) is 0 Å². The number of hydrogen-bond acceptors (Lipinski definition) is 4. The lowest BCUT2D eigenvalue weighted by Crippen LogP contribution is -2.42. The van der Waals surface area contributed by atoms with Gasteiger partial charge in [0.05, 0.1) is 6.21 Å². The average Bonchev–Trinajstić information content (AvgIpc) is 2.55. The smallest absolute Gasteiger partial charge is 0.387 e. The second-order valence-corrected chi connectivity index (χ2v) is 5.86. The molecule has 1 aliphatic rings. The number of rotatable bonds is 7. The van der Waals surface area contributed by atoms with Gasteiger partial charge in [-0.05, 0) is 30.9 Å². The van der Waals surface area contributed by atoms with Crippen molar-refractivity contribution in [1.82, 2.24) is 5.32 Å². The zero-order chi connectivity index (χ0) is 17.4. The SMILES string of the molecule is C[C@H]1CCCC[C@H]1NC(=O)CO/N=C\c1ccccc1OC(F)F. The van der Waals surface area contributed by atoms with Gasteiger partial charge in [0.2, 0.25) is 0 Å². The topological polar surface area (TPSA) is 59.9 Å². The summed E-state index contributed by atoms with van der Waals surface area (Å²) in [7, 11) is 0. The van der Waals surface area contributed by atoms with Crippen LogP contribution in [0.15, 0.2) is 29.4 Å². The molecule has 0 heterocycles. The van der Waals surface area contributed by atoms with E-state index >= 15 is 0 Å². The van der Waals surface area contributed by atoms with Crippen LogP contribution in [0.25, 0.3) is 0 Å². The largest absolute Gasteiger partial charge is 0.434 e. The van der Waals surface area contributed by atoms with E-state index in [0.717, 1.165) is 19.3 Å². The molecular formula is C17H22F2N2O3. The first-order valence-corrected chi connectivity index (χ1v) is 8.05. The van der Waals surface area contributed by atoms with Gasteiger partial charge in [-0.2, -0.15) is 8.78 Å². The highest BCUT2D eigenvalue weighted by molar-refractivity contribution is 5.83. The standard InChI is InChI=1S/C17H22F2N2O3/c1-12-6-2-4-8-14(12)21-16(22)11-23-20-10-13-7-3-5-9-15(13)24-17(18)19/h3,5,7,9-10,12,14,17H,2,4,6,8,11H2,1H3,(H,21,22)/b20-10-/t12-,14+/m0/s1. The van der Waals surface area contributed by atoms with Crippen molar-refractivity contribution in [3.05, 3.63) is 29.8 Å². The minimum Gasteiger partial charge on any atom is -0.434 e. The van der Waals surface area contributed by atoms with E-state index in [-0.39, 0.29) is 24.3 Å². The van der Waals surface area contributed by atoms with Gasteiger partial charge in [-0.1, -0.05) is 37.1 Å². The quantitative estimate of drug-likeness (QED) is 0.612. The zero-order valence-corrected chi connectivity index (χ0v) is 13.6. The molecule has 0 aliphatic heterocycles. The molecule has 132 valence electrons. The van der Waals surface area contributed by atoms with E-state index in [1.54, 1.807) is 18.2 Å². The van der Waals surface area contributed by atoms with Gasteiger partial charge >= 0.3 is 6.61 Å². The predicted octanol–water partition coefficient (Wildman–Crippen LogP) is 3.33. The lowest BCUT2D eigenvalue weighted by atomic mass is 9.86. The Bertz CT molecular complexity index is 567. The third-order valence-electron chi connectivity index (χ3n) is 4.05.